The molecule has 10 heteroatoms. The zero-order valence-electron chi connectivity index (χ0n) is 18.1. The second kappa shape index (κ2) is 10.4. The molecule has 0 atom stereocenters. The van der Waals surface area contributed by atoms with Gasteiger partial charge in [0.2, 0.25) is 26.0 Å². The summed E-state index contributed by atoms with van der Waals surface area (Å²) in [6.07, 6.45) is 0.583. The fourth-order valence-corrected chi connectivity index (χ4v) is 4.66. The maximum absolute atomic E-state index is 12.4. The Hall–Kier alpha value is -2.27. The molecule has 0 saturated carbocycles. The monoisotopic (exact) mass is 467 g/mol. The van der Waals surface area contributed by atoms with E-state index in [1.165, 1.54) is 31.3 Å². The molecule has 2 rings (SSSR count). The first-order chi connectivity index (χ1) is 14.4. The quantitative estimate of drug-likeness (QED) is 0.495. The topological polar surface area (TPSA) is 121 Å². The van der Waals surface area contributed by atoms with Crippen molar-refractivity contribution in [1.29, 1.82) is 0 Å². The maximum atomic E-state index is 12.4. The summed E-state index contributed by atoms with van der Waals surface area (Å²) in [6, 6.07) is 10.9. The van der Waals surface area contributed by atoms with Gasteiger partial charge in [-0.25, -0.2) is 26.3 Å². The number of aryl methyl sites for hydroxylation is 2. The summed E-state index contributed by atoms with van der Waals surface area (Å²) >= 11 is 0. The Kier molecular flexibility index (Phi) is 8.35. The molecule has 31 heavy (non-hydrogen) atoms. The molecule has 0 saturated heterocycles. The maximum Gasteiger partial charge on any atom is 0.240 e. The zero-order chi connectivity index (χ0) is 23.2. The normalized spacial score (nSPS) is 12.2. The summed E-state index contributed by atoms with van der Waals surface area (Å²) in [4.78, 5) is 12.6. The number of sulfonamides is 2. The first-order valence-electron chi connectivity index (χ1n) is 9.87. The average Bonchev–Trinajstić information content (AvgIpc) is 2.72. The molecule has 170 valence electrons. The number of rotatable bonds is 10. The SMILES string of the molecule is CNS(=O)(=O)c1ccc(C)c(NC(=O)CCc2ccc(S(=O)(=O)NCC(C)C)cc2)c1. The smallest absolute Gasteiger partial charge is 0.240 e. The minimum atomic E-state index is -3.61. The fourth-order valence-electron chi connectivity index (χ4n) is 2.69. The van der Waals surface area contributed by atoms with Gasteiger partial charge in [-0.2, -0.15) is 0 Å². The number of carbonyl (C=O) groups excluding carboxylic acids is 1. The third kappa shape index (κ3) is 7.13. The summed E-state index contributed by atoms with van der Waals surface area (Å²) in [5.41, 5.74) is 1.99. The van der Waals surface area contributed by atoms with Crippen LogP contribution in [0.4, 0.5) is 5.69 Å². The molecule has 0 radical (unpaired) electrons. The summed E-state index contributed by atoms with van der Waals surface area (Å²) in [5, 5.41) is 2.74. The van der Waals surface area contributed by atoms with E-state index in [0.717, 1.165) is 11.1 Å². The molecule has 2 aromatic carbocycles. The number of carbonyl (C=O) groups is 1. The van der Waals surface area contributed by atoms with Gasteiger partial charge in [-0.3, -0.25) is 4.79 Å². The van der Waals surface area contributed by atoms with Crippen LogP contribution in [-0.4, -0.2) is 36.3 Å². The zero-order valence-corrected chi connectivity index (χ0v) is 19.7. The number of nitrogens with one attached hydrogen (secondary N) is 3. The van der Waals surface area contributed by atoms with Crippen LogP contribution in [0.2, 0.25) is 0 Å². The van der Waals surface area contributed by atoms with Crippen molar-refractivity contribution in [2.45, 2.75) is 43.4 Å². The molecule has 0 spiro atoms. The second-order valence-electron chi connectivity index (χ2n) is 7.62. The van der Waals surface area contributed by atoms with Crippen molar-refractivity contribution >= 4 is 31.6 Å². The van der Waals surface area contributed by atoms with E-state index in [1.54, 1.807) is 25.1 Å². The van der Waals surface area contributed by atoms with Crippen LogP contribution < -0.4 is 14.8 Å². The van der Waals surface area contributed by atoms with Gasteiger partial charge < -0.3 is 5.32 Å². The van der Waals surface area contributed by atoms with Crippen molar-refractivity contribution in [2.75, 3.05) is 18.9 Å². The van der Waals surface area contributed by atoms with Crippen LogP contribution in [-0.2, 0) is 31.3 Å². The van der Waals surface area contributed by atoms with Crippen LogP contribution in [0.1, 0.15) is 31.4 Å². The Bertz CT molecular complexity index is 1130. The van der Waals surface area contributed by atoms with E-state index in [0.29, 0.717) is 18.7 Å². The highest BCUT2D eigenvalue weighted by atomic mass is 32.2. The van der Waals surface area contributed by atoms with E-state index in [-0.39, 0.29) is 28.0 Å². The molecule has 2 aromatic rings. The third-order valence-electron chi connectivity index (χ3n) is 4.62. The third-order valence-corrected chi connectivity index (χ3v) is 7.47. The molecule has 1 amide bonds. The standard InChI is InChI=1S/C21H29N3O5S2/c1-15(2)14-23-31(28,29)18-10-6-17(7-11-18)8-12-21(25)24-20-13-19(9-5-16(20)3)30(26,27)22-4/h5-7,9-11,13,15,22-23H,8,12,14H2,1-4H3,(H,24,25). The molecule has 0 aliphatic carbocycles. The predicted octanol–water partition coefficient (Wildman–Crippen LogP) is 2.41. The van der Waals surface area contributed by atoms with Crippen molar-refractivity contribution < 1.29 is 21.6 Å². The Balaban J connectivity index is 2.00. The summed E-state index contributed by atoms with van der Waals surface area (Å²) in [5.74, 6) is -0.0624. The van der Waals surface area contributed by atoms with E-state index in [9.17, 15) is 21.6 Å². The van der Waals surface area contributed by atoms with Gasteiger partial charge >= 0.3 is 0 Å². The molecule has 0 aromatic heterocycles. The van der Waals surface area contributed by atoms with E-state index in [4.69, 9.17) is 0 Å². The molecule has 0 aliphatic rings. The average molecular weight is 468 g/mol. The Morgan fingerprint density at radius 3 is 2.13 bits per heavy atom. The first-order valence-corrected chi connectivity index (χ1v) is 12.8. The van der Waals surface area contributed by atoms with Gasteiger partial charge in [-0.05, 0) is 61.7 Å². The van der Waals surface area contributed by atoms with Crippen LogP contribution in [0.5, 0.6) is 0 Å². The highest BCUT2D eigenvalue weighted by Gasteiger charge is 2.15. The Morgan fingerprint density at radius 2 is 1.55 bits per heavy atom. The molecule has 0 heterocycles. The lowest BCUT2D eigenvalue weighted by molar-refractivity contribution is -0.116. The van der Waals surface area contributed by atoms with Gasteiger partial charge in [-0.1, -0.05) is 32.0 Å². The van der Waals surface area contributed by atoms with E-state index < -0.39 is 20.0 Å². The van der Waals surface area contributed by atoms with Gasteiger partial charge in [0.15, 0.2) is 0 Å². The lowest BCUT2D eigenvalue weighted by atomic mass is 10.1. The highest BCUT2D eigenvalue weighted by molar-refractivity contribution is 7.89. The first kappa shape index (κ1) is 25.0. The number of anilines is 1. The van der Waals surface area contributed by atoms with Gasteiger partial charge in [0.25, 0.3) is 0 Å². The van der Waals surface area contributed by atoms with Crippen LogP contribution in [0, 0.1) is 12.8 Å². The number of benzene rings is 2. The molecule has 0 unspecified atom stereocenters. The molecule has 8 nitrogen and oxygen atoms in total. The van der Waals surface area contributed by atoms with Crippen LogP contribution in [0.3, 0.4) is 0 Å². The summed E-state index contributed by atoms with van der Waals surface area (Å²) in [7, 11) is -5.84. The summed E-state index contributed by atoms with van der Waals surface area (Å²) in [6.45, 7) is 5.99. The minimum Gasteiger partial charge on any atom is -0.326 e. The minimum absolute atomic E-state index is 0.0683. The summed E-state index contributed by atoms with van der Waals surface area (Å²) < 4.78 is 53.2. The second-order valence-corrected chi connectivity index (χ2v) is 11.3. The Labute approximate surface area is 184 Å². The van der Waals surface area contributed by atoms with Gasteiger partial charge in [0, 0.05) is 18.7 Å². The predicted molar refractivity (Wildman–Crippen MR) is 121 cm³/mol. The Morgan fingerprint density at radius 1 is 0.935 bits per heavy atom. The number of hydrogen-bond donors (Lipinski definition) is 3. The van der Waals surface area contributed by atoms with Crippen molar-refractivity contribution in [2.24, 2.45) is 5.92 Å². The van der Waals surface area contributed by atoms with Crippen LogP contribution in [0.15, 0.2) is 52.3 Å². The molecular weight excluding hydrogens is 438 g/mol. The van der Waals surface area contributed by atoms with Crippen LogP contribution in [0.25, 0.3) is 0 Å². The van der Waals surface area contributed by atoms with E-state index in [1.807, 2.05) is 13.8 Å². The van der Waals surface area contributed by atoms with Gasteiger partial charge in [0.05, 0.1) is 9.79 Å². The number of hydrogen-bond acceptors (Lipinski definition) is 5. The molecule has 0 aliphatic heterocycles. The van der Waals surface area contributed by atoms with Gasteiger partial charge in [-0.15, -0.1) is 0 Å². The van der Waals surface area contributed by atoms with Gasteiger partial charge in [0.1, 0.15) is 0 Å². The lowest BCUT2D eigenvalue weighted by Crippen LogP contribution is -2.27. The van der Waals surface area contributed by atoms with Crippen molar-refractivity contribution in [3.05, 3.63) is 53.6 Å². The molecular formula is C21H29N3O5S2. The van der Waals surface area contributed by atoms with E-state index in [2.05, 4.69) is 14.8 Å². The van der Waals surface area contributed by atoms with Crippen molar-refractivity contribution in [3.8, 4) is 0 Å². The van der Waals surface area contributed by atoms with Crippen molar-refractivity contribution in [3.63, 3.8) is 0 Å². The van der Waals surface area contributed by atoms with Crippen molar-refractivity contribution in [1.82, 2.24) is 9.44 Å². The van der Waals surface area contributed by atoms with Crippen LogP contribution >= 0.6 is 0 Å². The fraction of sp³-hybridized carbons (Fsp3) is 0.381. The van der Waals surface area contributed by atoms with E-state index >= 15 is 0 Å². The molecule has 0 bridgehead atoms. The lowest BCUT2D eigenvalue weighted by Gasteiger charge is -2.11. The number of amides is 1. The largest absolute Gasteiger partial charge is 0.326 e. The molecule has 3 N–H and O–H groups in total. The highest BCUT2D eigenvalue weighted by Crippen LogP contribution is 2.20. The molecule has 0 fully saturated rings.